The number of aryl methyl sites for hydroxylation is 2. The molecule has 6 atom stereocenters. The largest absolute Gasteiger partial charge is 0.459 e. The molecule has 360 valence electrons. The number of unbranched alkanes of at least 4 members (excludes halogenated alkanes) is 10. The smallest absolute Gasteiger partial charge is 0.239 e. The molecule has 1 amide bonds. The van der Waals surface area contributed by atoms with Crippen molar-refractivity contribution in [1.29, 1.82) is 0 Å². The number of carbonyl (C=O) groups excluding carboxylic acids is 1. The summed E-state index contributed by atoms with van der Waals surface area (Å²) in [5.41, 5.74) is 5.87. The van der Waals surface area contributed by atoms with E-state index in [-0.39, 0.29) is 55.8 Å². The maximum Gasteiger partial charge on any atom is 0.239 e. The number of carbonyl (C=O) groups is 1. The van der Waals surface area contributed by atoms with Crippen molar-refractivity contribution in [3.8, 4) is 17.2 Å². The van der Waals surface area contributed by atoms with Gasteiger partial charge in [0, 0.05) is 44.1 Å². The maximum absolute atomic E-state index is 15.1. The molecule has 6 unspecified atom stereocenters. The number of oxime groups is 1. The number of amides is 1. The van der Waals surface area contributed by atoms with Crippen molar-refractivity contribution >= 4 is 11.6 Å². The van der Waals surface area contributed by atoms with E-state index in [1.54, 1.807) is 18.2 Å². The summed E-state index contributed by atoms with van der Waals surface area (Å²) >= 11 is 0. The number of fused-ring (bicyclic) bond motifs is 2. The summed E-state index contributed by atoms with van der Waals surface area (Å²) in [7, 11) is 0. The molecule has 2 N–H and O–H groups in total. The second-order valence-electron chi connectivity index (χ2n) is 18.8. The fourth-order valence-electron chi connectivity index (χ4n) is 10.7. The highest BCUT2D eigenvalue weighted by atomic mass is 19.1. The molecule has 0 aromatic heterocycles. The fourth-order valence-corrected chi connectivity index (χ4v) is 10.7. The van der Waals surface area contributed by atoms with Gasteiger partial charge in [-0.25, -0.2) is 4.39 Å². The van der Waals surface area contributed by atoms with Gasteiger partial charge in [-0.15, -0.1) is 6.58 Å². The lowest BCUT2D eigenvalue weighted by Crippen LogP contribution is -2.70. The number of aliphatic hydroxyl groups excluding tert-OH is 2. The van der Waals surface area contributed by atoms with Crippen molar-refractivity contribution in [2.45, 2.75) is 161 Å². The molecule has 3 aliphatic rings. The van der Waals surface area contributed by atoms with Gasteiger partial charge in [0.15, 0.2) is 0 Å². The zero-order valence-corrected chi connectivity index (χ0v) is 40.3. The van der Waals surface area contributed by atoms with E-state index in [1.807, 2.05) is 30.0 Å². The van der Waals surface area contributed by atoms with Crippen molar-refractivity contribution in [1.82, 2.24) is 4.90 Å². The first-order valence-corrected chi connectivity index (χ1v) is 25.2. The van der Waals surface area contributed by atoms with Crippen LogP contribution in [0.15, 0.2) is 90.1 Å². The minimum atomic E-state index is -1.39. The summed E-state index contributed by atoms with van der Waals surface area (Å²) in [6, 6.07) is 17.9. The Morgan fingerprint density at radius 2 is 1.55 bits per heavy atom. The molecule has 0 saturated heterocycles. The Morgan fingerprint density at radius 3 is 2.23 bits per heavy atom. The van der Waals surface area contributed by atoms with Crippen LogP contribution in [0.25, 0.3) is 0 Å². The van der Waals surface area contributed by atoms with Crippen LogP contribution in [0.1, 0.15) is 151 Å². The van der Waals surface area contributed by atoms with Gasteiger partial charge in [0.2, 0.25) is 11.7 Å². The molecule has 10 heteroatoms. The SMILES string of the molecule is C=CCOC12Oc3ccc(Oc4ccc(C)c(C)c4)cc3C3C(CCCCO)C(CCCCO)C=C(C(=NOCC)CC1N(Cc1ccc(F)cc1)C(=O)CCCCCCCCCCC)C32. The molecule has 2 aliphatic carbocycles. The lowest BCUT2D eigenvalue weighted by Gasteiger charge is -2.60. The molecule has 6 rings (SSSR count). The number of aliphatic hydroxyl groups is 2. The highest BCUT2D eigenvalue weighted by Gasteiger charge is 2.65. The molecule has 0 spiro atoms. The summed E-state index contributed by atoms with van der Waals surface area (Å²) in [5, 5.41) is 24.8. The minimum absolute atomic E-state index is 0.0164. The monoisotopic (exact) mass is 909 g/mol. The molecule has 66 heavy (non-hydrogen) atoms. The zero-order chi connectivity index (χ0) is 46.9. The van der Waals surface area contributed by atoms with Crippen molar-refractivity contribution in [2.75, 3.05) is 26.4 Å². The van der Waals surface area contributed by atoms with Crippen molar-refractivity contribution in [3.63, 3.8) is 0 Å². The Morgan fingerprint density at radius 1 is 0.864 bits per heavy atom. The Kier molecular flexibility index (Phi) is 19.7. The van der Waals surface area contributed by atoms with E-state index in [0.717, 1.165) is 78.7 Å². The summed E-state index contributed by atoms with van der Waals surface area (Å²) in [4.78, 5) is 23.0. The first-order valence-electron chi connectivity index (χ1n) is 25.2. The van der Waals surface area contributed by atoms with Crippen molar-refractivity contribution < 1.29 is 38.4 Å². The second-order valence-corrected chi connectivity index (χ2v) is 18.8. The van der Waals surface area contributed by atoms with E-state index in [0.29, 0.717) is 43.8 Å². The molecule has 9 nitrogen and oxygen atoms in total. The van der Waals surface area contributed by atoms with Crippen LogP contribution in [-0.4, -0.2) is 65.0 Å². The Balaban J connectivity index is 1.50. The topological polar surface area (TPSA) is 110 Å². The van der Waals surface area contributed by atoms with Crippen LogP contribution in [0.5, 0.6) is 17.2 Å². The van der Waals surface area contributed by atoms with E-state index >= 15 is 4.79 Å². The number of halogens is 1. The molecule has 1 saturated carbocycles. The zero-order valence-electron chi connectivity index (χ0n) is 40.3. The first-order chi connectivity index (χ1) is 32.2. The van der Waals surface area contributed by atoms with Crippen LogP contribution >= 0.6 is 0 Å². The number of hydrogen-bond acceptors (Lipinski definition) is 8. The van der Waals surface area contributed by atoms with Gasteiger partial charge in [0.25, 0.3) is 0 Å². The van der Waals surface area contributed by atoms with Crippen LogP contribution < -0.4 is 9.47 Å². The van der Waals surface area contributed by atoms with E-state index in [1.165, 1.54) is 56.2 Å². The maximum atomic E-state index is 15.1. The second kappa shape index (κ2) is 25.6. The number of allylic oxidation sites excluding steroid dienone is 1. The highest BCUT2D eigenvalue weighted by molar-refractivity contribution is 6.03. The van der Waals surface area contributed by atoms with Gasteiger partial charge in [-0.05, 0) is 129 Å². The summed E-state index contributed by atoms with van der Waals surface area (Å²) < 4.78 is 35.7. The summed E-state index contributed by atoms with van der Waals surface area (Å²) in [6.07, 6.45) is 19.7. The predicted molar refractivity (Wildman–Crippen MR) is 261 cm³/mol. The number of ether oxygens (including phenoxy) is 3. The number of hydrogen-bond donors (Lipinski definition) is 2. The summed E-state index contributed by atoms with van der Waals surface area (Å²) in [5.74, 6) is -0.0964. The molecule has 1 heterocycles. The molecule has 0 radical (unpaired) electrons. The van der Waals surface area contributed by atoms with Crippen LogP contribution in [0.2, 0.25) is 0 Å². The normalized spacial score (nSPS) is 22.5. The molecule has 1 fully saturated rings. The van der Waals surface area contributed by atoms with E-state index in [2.05, 4.69) is 51.6 Å². The lowest BCUT2D eigenvalue weighted by molar-refractivity contribution is -0.258. The minimum Gasteiger partial charge on any atom is -0.459 e. The van der Waals surface area contributed by atoms with Gasteiger partial charge >= 0.3 is 0 Å². The van der Waals surface area contributed by atoms with Gasteiger partial charge in [-0.1, -0.05) is 107 Å². The molecule has 1 aliphatic heterocycles. The fraction of sp³-hybridized carbons (Fsp3) is 0.571. The number of nitrogens with zero attached hydrogens (tertiary/aromatic N) is 2. The van der Waals surface area contributed by atoms with E-state index < -0.39 is 17.7 Å². The summed E-state index contributed by atoms with van der Waals surface area (Å²) in [6.45, 7) is 13.4. The van der Waals surface area contributed by atoms with Crippen LogP contribution in [0, 0.1) is 37.4 Å². The van der Waals surface area contributed by atoms with E-state index in [9.17, 15) is 14.6 Å². The standard InChI is InChI=1S/C56H77FN2O7/c1-6-9-10-11-12-13-14-15-16-23-53(62)59(39-42-25-27-44(57)28-26-42)52-38-50(58-64-8-3)48-36-43(21-17-19-32-60)47(22-18-20-33-61)54-49-37-46(65-45-29-24-40(4)41(5)35-45)30-31-51(49)66-56(52,55(48)54)63-34-7-2/h7,24-31,35-37,43,47,52,54-55,60-61H,2,6,8-23,32-34,38-39H2,1,3-5H3. The van der Waals surface area contributed by atoms with Gasteiger partial charge < -0.3 is 34.2 Å². The lowest BCUT2D eigenvalue weighted by atomic mass is 9.55. The van der Waals surface area contributed by atoms with Gasteiger partial charge in [0.1, 0.15) is 35.7 Å². The van der Waals surface area contributed by atoms with Gasteiger partial charge in [0.05, 0.1) is 18.2 Å². The third kappa shape index (κ3) is 12.7. The molecule has 3 aromatic rings. The highest BCUT2D eigenvalue weighted by Crippen LogP contribution is 2.62. The molecular formula is C56H77FN2O7. The van der Waals surface area contributed by atoms with Gasteiger partial charge in [-0.2, -0.15) is 0 Å². The van der Waals surface area contributed by atoms with Crippen molar-refractivity contribution in [2.24, 2.45) is 22.9 Å². The van der Waals surface area contributed by atoms with Crippen LogP contribution in [-0.2, 0) is 20.9 Å². The molecule has 0 bridgehead atoms. The third-order valence-electron chi connectivity index (χ3n) is 14.1. The first kappa shape index (κ1) is 50.9. The number of rotatable bonds is 28. The van der Waals surface area contributed by atoms with Crippen molar-refractivity contribution in [3.05, 3.63) is 113 Å². The van der Waals surface area contributed by atoms with Gasteiger partial charge in [-0.3, -0.25) is 4.79 Å². The van der Waals surface area contributed by atoms with Crippen LogP contribution in [0.3, 0.4) is 0 Å². The molecular weight excluding hydrogens is 832 g/mol. The average Bonchev–Trinajstić information content (AvgIpc) is 3.32. The quantitative estimate of drug-likeness (QED) is 0.0424. The Bertz CT molecular complexity index is 2070. The number of benzene rings is 3. The Labute approximate surface area is 394 Å². The van der Waals surface area contributed by atoms with Crippen LogP contribution in [0.4, 0.5) is 4.39 Å². The average molecular weight is 909 g/mol. The predicted octanol–water partition coefficient (Wildman–Crippen LogP) is 12.8. The third-order valence-corrected chi connectivity index (χ3v) is 14.1. The Hall–Kier alpha value is -4.51. The molecule has 3 aromatic carbocycles. The van der Waals surface area contributed by atoms with E-state index in [4.69, 9.17) is 24.2 Å².